The smallest absolute Gasteiger partial charge is 0.331 e. The van der Waals surface area contributed by atoms with Gasteiger partial charge in [-0.15, -0.1) is 0 Å². The van der Waals surface area contributed by atoms with Crippen LogP contribution in [0.2, 0.25) is 0 Å². The first-order chi connectivity index (χ1) is 9.16. The van der Waals surface area contributed by atoms with Crippen molar-refractivity contribution >= 4 is 11.7 Å². The van der Waals surface area contributed by atoms with Crippen LogP contribution in [-0.4, -0.2) is 18.6 Å². The third kappa shape index (κ3) is 3.09. The van der Waals surface area contributed by atoms with Crippen LogP contribution in [-0.2, 0) is 9.53 Å². The Balaban J connectivity index is 2.21. The van der Waals surface area contributed by atoms with Gasteiger partial charge in [0.05, 0.1) is 7.11 Å². The van der Waals surface area contributed by atoms with Gasteiger partial charge in [0.15, 0.2) is 0 Å². The van der Waals surface area contributed by atoms with Crippen LogP contribution in [0, 0.1) is 5.92 Å². The Kier molecular flexibility index (Phi) is 4.46. The molecule has 0 radical (unpaired) electrons. The summed E-state index contributed by atoms with van der Waals surface area (Å²) >= 11 is 0. The predicted octanol–water partition coefficient (Wildman–Crippen LogP) is 3.61. The van der Waals surface area contributed by atoms with E-state index in [1.54, 1.807) is 0 Å². The fourth-order valence-corrected chi connectivity index (χ4v) is 3.03. The lowest BCUT2D eigenvalue weighted by Crippen LogP contribution is -2.51. The molecule has 2 rings (SSSR count). The van der Waals surface area contributed by atoms with Crippen molar-refractivity contribution in [1.29, 1.82) is 0 Å². The van der Waals surface area contributed by atoms with Crippen LogP contribution >= 0.6 is 0 Å². The van der Waals surface area contributed by atoms with Gasteiger partial charge in [-0.05, 0) is 37.8 Å². The molecule has 1 unspecified atom stereocenters. The highest BCUT2D eigenvalue weighted by Gasteiger charge is 2.42. The summed E-state index contributed by atoms with van der Waals surface area (Å²) in [6.07, 6.45) is 5.86. The van der Waals surface area contributed by atoms with Gasteiger partial charge in [-0.3, -0.25) is 0 Å². The minimum absolute atomic E-state index is 0.164. The van der Waals surface area contributed by atoms with Gasteiger partial charge in [-0.1, -0.05) is 37.5 Å². The number of esters is 1. The third-order valence-corrected chi connectivity index (χ3v) is 4.21. The molecule has 1 saturated carbocycles. The molecule has 0 spiro atoms. The van der Waals surface area contributed by atoms with Gasteiger partial charge in [-0.25, -0.2) is 4.79 Å². The van der Waals surface area contributed by atoms with E-state index in [-0.39, 0.29) is 5.97 Å². The summed E-state index contributed by atoms with van der Waals surface area (Å²) in [6.45, 7) is 1.97. The van der Waals surface area contributed by atoms with E-state index in [0.717, 1.165) is 18.5 Å². The number of benzene rings is 1. The molecule has 3 nitrogen and oxygen atoms in total. The van der Waals surface area contributed by atoms with Crippen molar-refractivity contribution in [3.05, 3.63) is 30.3 Å². The Labute approximate surface area is 115 Å². The van der Waals surface area contributed by atoms with Gasteiger partial charge in [0, 0.05) is 5.69 Å². The summed E-state index contributed by atoms with van der Waals surface area (Å²) in [4.78, 5) is 12.3. The standard InChI is InChI=1S/C16H23NO2/c1-16(15(18)19-2,13-9-5-3-6-10-13)17-14-11-7-4-8-12-14/h4,7-8,11-13,17H,3,5-6,9-10H2,1-2H3. The van der Waals surface area contributed by atoms with E-state index >= 15 is 0 Å². The quantitative estimate of drug-likeness (QED) is 0.841. The topological polar surface area (TPSA) is 38.3 Å². The summed E-state index contributed by atoms with van der Waals surface area (Å²) < 4.78 is 5.04. The average Bonchev–Trinajstić information content (AvgIpc) is 2.48. The second-order valence-corrected chi connectivity index (χ2v) is 5.52. The molecule has 1 aliphatic rings. The zero-order valence-corrected chi connectivity index (χ0v) is 11.8. The van der Waals surface area contributed by atoms with Crippen molar-refractivity contribution in [2.24, 2.45) is 5.92 Å². The number of carbonyl (C=O) groups excluding carboxylic acids is 1. The van der Waals surface area contributed by atoms with Crippen molar-refractivity contribution in [1.82, 2.24) is 0 Å². The molecule has 1 aliphatic carbocycles. The number of anilines is 1. The Morgan fingerprint density at radius 3 is 2.42 bits per heavy atom. The summed E-state index contributed by atoms with van der Waals surface area (Å²) in [5.41, 5.74) is 0.345. The van der Waals surface area contributed by atoms with Gasteiger partial charge in [0.1, 0.15) is 5.54 Å². The second-order valence-electron chi connectivity index (χ2n) is 5.52. The SMILES string of the molecule is COC(=O)C(C)(Nc1ccccc1)C1CCCCC1. The zero-order chi connectivity index (χ0) is 13.7. The van der Waals surface area contributed by atoms with Gasteiger partial charge >= 0.3 is 5.97 Å². The van der Waals surface area contributed by atoms with Crippen LogP contribution < -0.4 is 5.32 Å². The third-order valence-electron chi connectivity index (χ3n) is 4.21. The largest absolute Gasteiger partial charge is 0.467 e. The van der Waals surface area contributed by atoms with Crippen LogP contribution in [0.5, 0.6) is 0 Å². The molecule has 1 aromatic rings. The first-order valence-electron chi connectivity index (χ1n) is 7.08. The number of hydrogen-bond acceptors (Lipinski definition) is 3. The monoisotopic (exact) mass is 261 g/mol. The fraction of sp³-hybridized carbons (Fsp3) is 0.562. The lowest BCUT2D eigenvalue weighted by molar-refractivity contribution is -0.147. The van der Waals surface area contributed by atoms with Crippen molar-refractivity contribution in [2.45, 2.75) is 44.6 Å². The normalized spacial score (nSPS) is 19.5. The highest BCUT2D eigenvalue weighted by atomic mass is 16.5. The van der Waals surface area contributed by atoms with Crippen molar-refractivity contribution in [3.8, 4) is 0 Å². The molecule has 104 valence electrons. The van der Waals surface area contributed by atoms with E-state index < -0.39 is 5.54 Å². The summed E-state index contributed by atoms with van der Waals surface area (Å²) in [7, 11) is 1.47. The molecule has 0 heterocycles. The number of para-hydroxylation sites is 1. The number of carbonyl (C=O) groups is 1. The van der Waals surface area contributed by atoms with Crippen LogP contribution in [0.1, 0.15) is 39.0 Å². The molecule has 1 aromatic carbocycles. The first-order valence-corrected chi connectivity index (χ1v) is 7.08. The molecule has 0 amide bonds. The van der Waals surface area contributed by atoms with Crippen molar-refractivity contribution in [2.75, 3.05) is 12.4 Å². The minimum Gasteiger partial charge on any atom is -0.467 e. The predicted molar refractivity (Wildman–Crippen MR) is 77.1 cm³/mol. The molecule has 1 fully saturated rings. The Bertz CT molecular complexity index is 412. The van der Waals surface area contributed by atoms with Crippen LogP contribution in [0.3, 0.4) is 0 Å². The van der Waals surface area contributed by atoms with Gasteiger partial charge in [0.2, 0.25) is 0 Å². The van der Waals surface area contributed by atoms with Crippen LogP contribution in [0.25, 0.3) is 0 Å². The lowest BCUT2D eigenvalue weighted by atomic mass is 9.75. The maximum atomic E-state index is 12.3. The van der Waals surface area contributed by atoms with Gasteiger partial charge < -0.3 is 10.1 Å². The van der Waals surface area contributed by atoms with E-state index in [0.29, 0.717) is 5.92 Å². The van der Waals surface area contributed by atoms with E-state index in [1.165, 1.54) is 26.4 Å². The summed E-state index contributed by atoms with van der Waals surface area (Å²) in [5, 5.41) is 3.40. The molecule has 0 saturated heterocycles. The molecule has 1 atom stereocenters. The van der Waals surface area contributed by atoms with E-state index in [2.05, 4.69) is 5.32 Å². The second kappa shape index (κ2) is 6.09. The first kappa shape index (κ1) is 13.9. The molecule has 19 heavy (non-hydrogen) atoms. The number of nitrogens with one attached hydrogen (secondary N) is 1. The van der Waals surface area contributed by atoms with Crippen molar-refractivity contribution < 1.29 is 9.53 Å². The summed E-state index contributed by atoms with van der Waals surface area (Å²) in [5.74, 6) is 0.178. The molecule has 3 heteroatoms. The number of rotatable bonds is 4. The molecule has 0 bridgehead atoms. The maximum Gasteiger partial charge on any atom is 0.331 e. The fourth-order valence-electron chi connectivity index (χ4n) is 3.03. The zero-order valence-electron chi connectivity index (χ0n) is 11.8. The van der Waals surface area contributed by atoms with E-state index in [1.807, 2.05) is 37.3 Å². The lowest BCUT2D eigenvalue weighted by Gasteiger charge is -2.38. The molecule has 1 N–H and O–H groups in total. The molecular weight excluding hydrogens is 238 g/mol. The van der Waals surface area contributed by atoms with Crippen LogP contribution in [0.15, 0.2) is 30.3 Å². The highest BCUT2D eigenvalue weighted by molar-refractivity contribution is 5.84. The molecular formula is C16H23NO2. The average molecular weight is 261 g/mol. The summed E-state index contributed by atoms with van der Waals surface area (Å²) in [6, 6.07) is 9.90. The van der Waals surface area contributed by atoms with Gasteiger partial charge in [-0.2, -0.15) is 0 Å². The highest BCUT2D eigenvalue weighted by Crippen LogP contribution is 2.35. The van der Waals surface area contributed by atoms with Crippen LogP contribution in [0.4, 0.5) is 5.69 Å². The minimum atomic E-state index is -0.628. The number of methoxy groups -OCH3 is 1. The van der Waals surface area contributed by atoms with Crippen molar-refractivity contribution in [3.63, 3.8) is 0 Å². The molecule has 0 aliphatic heterocycles. The maximum absolute atomic E-state index is 12.3. The Morgan fingerprint density at radius 2 is 1.84 bits per heavy atom. The van der Waals surface area contributed by atoms with E-state index in [4.69, 9.17) is 4.74 Å². The van der Waals surface area contributed by atoms with Gasteiger partial charge in [0.25, 0.3) is 0 Å². The number of ether oxygens (including phenoxy) is 1. The Hall–Kier alpha value is -1.51. The Morgan fingerprint density at radius 1 is 1.21 bits per heavy atom. The van der Waals surface area contributed by atoms with E-state index in [9.17, 15) is 4.79 Å². The number of hydrogen-bond donors (Lipinski definition) is 1. The molecule has 0 aromatic heterocycles.